The van der Waals surface area contributed by atoms with Crippen molar-refractivity contribution in [3.05, 3.63) is 70.9 Å². The molecule has 146 valence electrons. The standard InChI is InChI=1S/C22H25FN4O/c23-19-10-12-20(13-11-19)27-21(18-8-3-1-4-9-18)24-26(22(27)28)17-7-16-25-14-5-2-6-15-25/h1,3-4,8-13H,2,5-7,14-17H2. The first-order chi connectivity index (χ1) is 13.7. The van der Waals surface area contributed by atoms with Gasteiger partial charge in [0.15, 0.2) is 5.82 Å². The largest absolute Gasteiger partial charge is 0.350 e. The maximum atomic E-state index is 13.4. The van der Waals surface area contributed by atoms with E-state index in [2.05, 4.69) is 10.00 Å². The monoisotopic (exact) mass is 380 g/mol. The van der Waals surface area contributed by atoms with E-state index in [0.717, 1.165) is 31.6 Å². The van der Waals surface area contributed by atoms with E-state index in [9.17, 15) is 9.18 Å². The van der Waals surface area contributed by atoms with Crippen molar-refractivity contribution in [2.24, 2.45) is 0 Å². The van der Waals surface area contributed by atoms with Gasteiger partial charge in [0.2, 0.25) is 0 Å². The smallest absolute Gasteiger partial charge is 0.303 e. The number of piperidine rings is 1. The Balaban J connectivity index is 1.62. The summed E-state index contributed by atoms with van der Waals surface area (Å²) in [5.41, 5.74) is 1.29. The lowest BCUT2D eigenvalue weighted by Gasteiger charge is -2.26. The highest BCUT2D eigenvalue weighted by Gasteiger charge is 2.17. The number of likely N-dealkylation sites (tertiary alicyclic amines) is 1. The van der Waals surface area contributed by atoms with E-state index in [1.54, 1.807) is 16.7 Å². The molecular formula is C22H25FN4O. The minimum Gasteiger partial charge on any atom is -0.303 e. The summed E-state index contributed by atoms with van der Waals surface area (Å²) in [7, 11) is 0. The van der Waals surface area contributed by atoms with E-state index in [1.807, 2.05) is 30.3 Å². The van der Waals surface area contributed by atoms with Crippen molar-refractivity contribution in [2.45, 2.75) is 32.2 Å². The Bertz CT molecular complexity index is 956. The number of aromatic nitrogens is 3. The van der Waals surface area contributed by atoms with E-state index >= 15 is 0 Å². The van der Waals surface area contributed by atoms with Crippen LogP contribution in [0.5, 0.6) is 0 Å². The van der Waals surface area contributed by atoms with Crippen molar-refractivity contribution >= 4 is 0 Å². The molecule has 0 amide bonds. The normalized spacial score (nSPS) is 15.0. The molecule has 1 saturated heterocycles. The fourth-order valence-electron chi connectivity index (χ4n) is 3.78. The summed E-state index contributed by atoms with van der Waals surface area (Å²) < 4.78 is 16.5. The van der Waals surface area contributed by atoms with Crippen LogP contribution in [0, 0.1) is 5.82 Å². The van der Waals surface area contributed by atoms with Gasteiger partial charge in [-0.25, -0.2) is 18.4 Å². The van der Waals surface area contributed by atoms with Gasteiger partial charge in [-0.05, 0) is 63.2 Å². The van der Waals surface area contributed by atoms with Crippen molar-refractivity contribution in [2.75, 3.05) is 19.6 Å². The Labute approximate surface area is 164 Å². The average molecular weight is 380 g/mol. The quantitative estimate of drug-likeness (QED) is 0.655. The van der Waals surface area contributed by atoms with E-state index in [-0.39, 0.29) is 11.5 Å². The van der Waals surface area contributed by atoms with E-state index in [1.165, 1.54) is 36.1 Å². The molecule has 0 atom stereocenters. The Morgan fingerprint density at radius 2 is 1.61 bits per heavy atom. The lowest BCUT2D eigenvalue weighted by Crippen LogP contribution is -2.32. The molecule has 0 bridgehead atoms. The molecule has 0 saturated carbocycles. The van der Waals surface area contributed by atoms with Gasteiger partial charge in [0, 0.05) is 12.1 Å². The molecule has 3 aromatic rings. The molecule has 1 aromatic heterocycles. The maximum Gasteiger partial charge on any atom is 0.350 e. The topological polar surface area (TPSA) is 43.1 Å². The molecule has 0 aliphatic carbocycles. The van der Waals surface area contributed by atoms with Gasteiger partial charge in [-0.3, -0.25) is 0 Å². The van der Waals surface area contributed by atoms with Crippen LogP contribution in [0.15, 0.2) is 59.4 Å². The number of aryl methyl sites for hydroxylation is 1. The number of hydrogen-bond donors (Lipinski definition) is 0. The van der Waals surface area contributed by atoms with Crippen LogP contribution in [0.25, 0.3) is 17.1 Å². The lowest BCUT2D eigenvalue weighted by atomic mass is 10.1. The summed E-state index contributed by atoms with van der Waals surface area (Å²) in [4.78, 5) is 15.5. The van der Waals surface area contributed by atoms with Crippen LogP contribution in [0.3, 0.4) is 0 Å². The number of benzene rings is 2. The molecule has 4 rings (SSSR count). The van der Waals surface area contributed by atoms with Crippen LogP contribution >= 0.6 is 0 Å². The summed E-state index contributed by atoms with van der Waals surface area (Å²) in [6, 6.07) is 15.6. The number of rotatable bonds is 6. The van der Waals surface area contributed by atoms with Gasteiger partial charge in [-0.1, -0.05) is 36.8 Å². The Morgan fingerprint density at radius 1 is 0.893 bits per heavy atom. The molecular weight excluding hydrogens is 355 g/mol. The van der Waals surface area contributed by atoms with Gasteiger partial charge in [0.05, 0.1) is 5.69 Å². The fourth-order valence-corrected chi connectivity index (χ4v) is 3.78. The van der Waals surface area contributed by atoms with Crippen molar-refractivity contribution in [3.63, 3.8) is 0 Å². The van der Waals surface area contributed by atoms with E-state index in [0.29, 0.717) is 18.1 Å². The summed E-state index contributed by atoms with van der Waals surface area (Å²) >= 11 is 0. The van der Waals surface area contributed by atoms with Crippen LogP contribution in [-0.4, -0.2) is 38.9 Å². The number of hydrogen-bond acceptors (Lipinski definition) is 3. The lowest BCUT2D eigenvalue weighted by molar-refractivity contribution is 0.221. The zero-order chi connectivity index (χ0) is 19.3. The predicted molar refractivity (Wildman–Crippen MR) is 108 cm³/mol. The van der Waals surface area contributed by atoms with Crippen molar-refractivity contribution in [3.8, 4) is 17.1 Å². The molecule has 1 fully saturated rings. The molecule has 28 heavy (non-hydrogen) atoms. The van der Waals surface area contributed by atoms with Crippen LogP contribution in [0.2, 0.25) is 0 Å². The second kappa shape index (κ2) is 8.52. The van der Waals surface area contributed by atoms with Crippen LogP contribution in [-0.2, 0) is 6.54 Å². The van der Waals surface area contributed by atoms with E-state index < -0.39 is 0 Å². The van der Waals surface area contributed by atoms with Gasteiger partial charge < -0.3 is 4.90 Å². The minimum atomic E-state index is -0.327. The zero-order valence-electron chi connectivity index (χ0n) is 15.9. The highest BCUT2D eigenvalue weighted by Crippen LogP contribution is 2.19. The number of nitrogens with zero attached hydrogens (tertiary/aromatic N) is 4. The first-order valence-electron chi connectivity index (χ1n) is 9.96. The Morgan fingerprint density at radius 3 is 2.32 bits per heavy atom. The molecule has 6 heteroatoms. The van der Waals surface area contributed by atoms with E-state index in [4.69, 9.17) is 0 Å². The van der Waals surface area contributed by atoms with Crippen LogP contribution < -0.4 is 5.69 Å². The van der Waals surface area contributed by atoms with Crippen molar-refractivity contribution in [1.29, 1.82) is 0 Å². The summed E-state index contributed by atoms with van der Waals surface area (Å²) in [6.07, 6.45) is 4.72. The molecule has 0 N–H and O–H groups in total. The van der Waals surface area contributed by atoms with Gasteiger partial charge in [0.25, 0.3) is 0 Å². The highest BCUT2D eigenvalue weighted by molar-refractivity contribution is 5.57. The predicted octanol–water partition coefficient (Wildman–Crippen LogP) is 3.72. The fraction of sp³-hybridized carbons (Fsp3) is 0.364. The second-order valence-corrected chi connectivity index (χ2v) is 7.26. The third-order valence-electron chi connectivity index (χ3n) is 5.25. The summed E-state index contributed by atoms with van der Waals surface area (Å²) in [5, 5.41) is 4.62. The maximum absolute atomic E-state index is 13.4. The van der Waals surface area contributed by atoms with Gasteiger partial charge in [-0.2, -0.15) is 0 Å². The van der Waals surface area contributed by atoms with Gasteiger partial charge in [-0.15, -0.1) is 5.10 Å². The highest BCUT2D eigenvalue weighted by atomic mass is 19.1. The second-order valence-electron chi connectivity index (χ2n) is 7.26. The molecule has 5 nitrogen and oxygen atoms in total. The first kappa shape index (κ1) is 18.6. The third kappa shape index (κ3) is 4.07. The average Bonchev–Trinajstić information content (AvgIpc) is 3.06. The SMILES string of the molecule is O=c1n(CCCN2CCCCC2)nc(-c2ccccc2)n1-c1ccc(F)cc1. The minimum absolute atomic E-state index is 0.191. The van der Waals surface area contributed by atoms with Crippen molar-refractivity contribution in [1.82, 2.24) is 19.2 Å². The Hall–Kier alpha value is -2.73. The molecule has 1 aliphatic heterocycles. The Kier molecular flexibility index (Phi) is 5.67. The van der Waals surface area contributed by atoms with Crippen molar-refractivity contribution < 1.29 is 4.39 Å². The molecule has 0 unspecified atom stereocenters. The molecule has 2 heterocycles. The zero-order valence-corrected chi connectivity index (χ0v) is 15.9. The first-order valence-corrected chi connectivity index (χ1v) is 9.96. The summed E-state index contributed by atoms with van der Waals surface area (Å²) in [6.45, 7) is 3.85. The molecule has 0 spiro atoms. The van der Waals surface area contributed by atoms with Crippen LogP contribution in [0.1, 0.15) is 25.7 Å². The van der Waals surface area contributed by atoms with Gasteiger partial charge >= 0.3 is 5.69 Å². The molecule has 1 aliphatic rings. The third-order valence-corrected chi connectivity index (χ3v) is 5.25. The summed E-state index contributed by atoms with van der Waals surface area (Å²) in [5.74, 6) is 0.252. The molecule has 0 radical (unpaired) electrons. The molecule has 2 aromatic carbocycles. The number of halogens is 1. The van der Waals surface area contributed by atoms with Gasteiger partial charge in [0.1, 0.15) is 5.82 Å². The van der Waals surface area contributed by atoms with Crippen LogP contribution in [0.4, 0.5) is 4.39 Å².